The first-order valence-electron chi connectivity index (χ1n) is 7.87. The molecular weight excluding hydrogens is 294 g/mol. The standard InChI is InChI=1S/C17H25N3O3/c1-12-17(22)20(4)14-10-13(6-7-15(14)23-12)11-16(21)18-8-5-9-19(2)3/h6-7,10,12H,5,8-9,11H2,1-4H3,(H,18,21). The molecular formula is C17H25N3O3. The van der Waals surface area contributed by atoms with Gasteiger partial charge in [0.05, 0.1) is 12.1 Å². The van der Waals surface area contributed by atoms with Crippen LogP contribution in [-0.4, -0.2) is 57.1 Å². The lowest BCUT2D eigenvalue weighted by molar-refractivity contribution is -0.125. The molecule has 1 atom stereocenters. The largest absolute Gasteiger partial charge is 0.479 e. The Morgan fingerprint density at radius 1 is 1.39 bits per heavy atom. The second kappa shape index (κ2) is 7.46. The van der Waals surface area contributed by atoms with Gasteiger partial charge in [-0.15, -0.1) is 0 Å². The maximum atomic E-state index is 12.0. The smallest absolute Gasteiger partial charge is 0.267 e. The van der Waals surface area contributed by atoms with Crippen LogP contribution in [0.4, 0.5) is 5.69 Å². The van der Waals surface area contributed by atoms with Gasteiger partial charge in [0.15, 0.2) is 6.10 Å². The number of hydrogen-bond acceptors (Lipinski definition) is 4. The van der Waals surface area contributed by atoms with E-state index < -0.39 is 6.10 Å². The molecule has 0 fully saturated rings. The molecule has 1 N–H and O–H groups in total. The van der Waals surface area contributed by atoms with E-state index in [1.165, 1.54) is 0 Å². The second-order valence-electron chi connectivity index (χ2n) is 6.14. The Bertz CT molecular complexity index is 586. The average Bonchev–Trinajstić information content (AvgIpc) is 2.50. The van der Waals surface area contributed by atoms with E-state index in [4.69, 9.17) is 4.74 Å². The monoisotopic (exact) mass is 319 g/mol. The van der Waals surface area contributed by atoms with E-state index in [1.54, 1.807) is 18.9 Å². The van der Waals surface area contributed by atoms with Crippen LogP contribution in [0.2, 0.25) is 0 Å². The topological polar surface area (TPSA) is 61.9 Å². The van der Waals surface area contributed by atoms with Crippen LogP contribution in [0.25, 0.3) is 0 Å². The van der Waals surface area contributed by atoms with E-state index in [0.717, 1.165) is 18.5 Å². The Labute approximate surface area is 137 Å². The highest BCUT2D eigenvalue weighted by atomic mass is 16.5. The molecule has 0 aromatic heterocycles. The third kappa shape index (κ3) is 4.45. The van der Waals surface area contributed by atoms with E-state index >= 15 is 0 Å². The van der Waals surface area contributed by atoms with Crippen molar-refractivity contribution in [1.82, 2.24) is 10.2 Å². The van der Waals surface area contributed by atoms with Crippen molar-refractivity contribution in [1.29, 1.82) is 0 Å². The number of ether oxygens (including phenoxy) is 1. The van der Waals surface area contributed by atoms with Crippen LogP contribution in [0.5, 0.6) is 5.75 Å². The number of benzene rings is 1. The molecule has 1 unspecified atom stereocenters. The SMILES string of the molecule is CC1Oc2ccc(CC(=O)NCCCN(C)C)cc2N(C)C1=O. The van der Waals surface area contributed by atoms with E-state index in [2.05, 4.69) is 10.2 Å². The third-order valence-corrected chi connectivity index (χ3v) is 3.84. The number of anilines is 1. The molecule has 0 bridgehead atoms. The Balaban J connectivity index is 1.94. The molecule has 0 saturated heterocycles. The van der Waals surface area contributed by atoms with E-state index in [-0.39, 0.29) is 11.8 Å². The maximum Gasteiger partial charge on any atom is 0.267 e. The van der Waals surface area contributed by atoms with Gasteiger partial charge < -0.3 is 19.9 Å². The molecule has 0 saturated carbocycles. The van der Waals surface area contributed by atoms with Crippen molar-refractivity contribution in [3.8, 4) is 5.75 Å². The zero-order chi connectivity index (χ0) is 17.0. The normalized spacial score (nSPS) is 17.0. The molecule has 0 radical (unpaired) electrons. The molecule has 1 heterocycles. The molecule has 23 heavy (non-hydrogen) atoms. The van der Waals surface area contributed by atoms with Gasteiger partial charge in [0.1, 0.15) is 5.75 Å². The highest BCUT2D eigenvalue weighted by Crippen LogP contribution is 2.33. The third-order valence-electron chi connectivity index (χ3n) is 3.84. The van der Waals surface area contributed by atoms with Gasteiger partial charge in [-0.1, -0.05) is 6.07 Å². The average molecular weight is 319 g/mol. The predicted octanol–water partition coefficient (Wildman–Crippen LogP) is 1.04. The molecule has 0 aliphatic carbocycles. The first-order valence-corrected chi connectivity index (χ1v) is 7.87. The van der Waals surface area contributed by atoms with Crippen molar-refractivity contribution in [2.45, 2.75) is 25.9 Å². The van der Waals surface area contributed by atoms with Gasteiger partial charge in [0.25, 0.3) is 5.91 Å². The van der Waals surface area contributed by atoms with Crippen LogP contribution in [0.15, 0.2) is 18.2 Å². The summed E-state index contributed by atoms with van der Waals surface area (Å²) in [5, 5.41) is 2.92. The van der Waals surface area contributed by atoms with Gasteiger partial charge in [-0.2, -0.15) is 0 Å². The number of nitrogens with one attached hydrogen (secondary N) is 1. The number of rotatable bonds is 6. The number of hydrogen-bond donors (Lipinski definition) is 1. The van der Waals surface area contributed by atoms with Crippen molar-refractivity contribution in [3.63, 3.8) is 0 Å². The van der Waals surface area contributed by atoms with Gasteiger partial charge in [-0.25, -0.2) is 0 Å². The zero-order valence-corrected chi connectivity index (χ0v) is 14.3. The minimum atomic E-state index is -0.474. The first-order chi connectivity index (χ1) is 10.9. The number of nitrogens with zero attached hydrogens (tertiary/aromatic N) is 2. The van der Waals surface area contributed by atoms with E-state index in [0.29, 0.717) is 24.4 Å². The Morgan fingerprint density at radius 2 is 2.13 bits per heavy atom. The second-order valence-corrected chi connectivity index (χ2v) is 6.14. The summed E-state index contributed by atoms with van der Waals surface area (Å²) in [4.78, 5) is 27.6. The van der Waals surface area contributed by atoms with Gasteiger partial charge >= 0.3 is 0 Å². The van der Waals surface area contributed by atoms with E-state index in [1.807, 2.05) is 32.3 Å². The van der Waals surface area contributed by atoms with Crippen LogP contribution >= 0.6 is 0 Å². The fraction of sp³-hybridized carbons (Fsp3) is 0.529. The molecule has 1 aliphatic heterocycles. The fourth-order valence-corrected chi connectivity index (χ4v) is 2.54. The predicted molar refractivity (Wildman–Crippen MR) is 89.8 cm³/mol. The molecule has 6 nitrogen and oxygen atoms in total. The van der Waals surface area contributed by atoms with Crippen molar-refractivity contribution in [2.75, 3.05) is 39.1 Å². The zero-order valence-electron chi connectivity index (χ0n) is 14.3. The highest BCUT2D eigenvalue weighted by Gasteiger charge is 2.28. The lowest BCUT2D eigenvalue weighted by atomic mass is 10.1. The van der Waals surface area contributed by atoms with Gasteiger partial charge in [-0.3, -0.25) is 9.59 Å². The minimum absolute atomic E-state index is 0.0113. The number of fused-ring (bicyclic) bond motifs is 1. The van der Waals surface area contributed by atoms with Crippen molar-refractivity contribution >= 4 is 17.5 Å². The van der Waals surface area contributed by atoms with Crippen LogP contribution in [0.3, 0.4) is 0 Å². The van der Waals surface area contributed by atoms with Crippen LogP contribution in [0, 0.1) is 0 Å². The summed E-state index contributed by atoms with van der Waals surface area (Å²) >= 11 is 0. The van der Waals surface area contributed by atoms with Gasteiger partial charge in [-0.05, 0) is 51.7 Å². The summed E-state index contributed by atoms with van der Waals surface area (Å²) in [7, 11) is 5.75. The quantitative estimate of drug-likeness (QED) is 0.796. The molecule has 126 valence electrons. The summed E-state index contributed by atoms with van der Waals surface area (Å²) in [6.45, 7) is 3.35. The Kier molecular flexibility index (Phi) is 5.60. The Morgan fingerprint density at radius 3 is 2.83 bits per heavy atom. The molecule has 1 aliphatic rings. The summed E-state index contributed by atoms with van der Waals surface area (Å²) in [6, 6.07) is 5.54. The lowest BCUT2D eigenvalue weighted by Gasteiger charge is -2.30. The van der Waals surface area contributed by atoms with Gasteiger partial charge in [0, 0.05) is 13.6 Å². The van der Waals surface area contributed by atoms with Crippen molar-refractivity contribution in [3.05, 3.63) is 23.8 Å². The highest BCUT2D eigenvalue weighted by molar-refractivity contribution is 5.99. The van der Waals surface area contributed by atoms with Crippen molar-refractivity contribution in [2.24, 2.45) is 0 Å². The summed E-state index contributed by atoms with van der Waals surface area (Å²) in [5.74, 6) is 0.584. The molecule has 2 rings (SSSR count). The van der Waals surface area contributed by atoms with Crippen molar-refractivity contribution < 1.29 is 14.3 Å². The van der Waals surface area contributed by atoms with E-state index in [9.17, 15) is 9.59 Å². The number of carbonyl (C=O) groups excluding carboxylic acids is 2. The van der Waals surface area contributed by atoms with Gasteiger partial charge in [0.2, 0.25) is 5.91 Å². The Hall–Kier alpha value is -2.08. The summed E-state index contributed by atoms with van der Waals surface area (Å²) < 4.78 is 5.58. The minimum Gasteiger partial charge on any atom is -0.479 e. The lowest BCUT2D eigenvalue weighted by Crippen LogP contribution is -2.42. The van der Waals surface area contributed by atoms with Crippen LogP contribution < -0.4 is 15.0 Å². The number of amides is 2. The molecule has 0 spiro atoms. The molecule has 1 aromatic rings. The van der Waals surface area contributed by atoms with Crippen LogP contribution in [-0.2, 0) is 16.0 Å². The van der Waals surface area contributed by atoms with Crippen LogP contribution in [0.1, 0.15) is 18.9 Å². The number of likely N-dealkylation sites (N-methyl/N-ethyl adjacent to an activating group) is 1. The molecule has 2 amide bonds. The molecule has 6 heteroatoms. The summed E-state index contributed by atoms with van der Waals surface area (Å²) in [5.41, 5.74) is 1.58. The fourth-order valence-electron chi connectivity index (χ4n) is 2.54. The first kappa shape index (κ1) is 17.3. The maximum absolute atomic E-state index is 12.0. The molecule has 1 aromatic carbocycles. The number of carbonyl (C=O) groups is 2. The summed E-state index contributed by atoms with van der Waals surface area (Å²) in [6.07, 6.45) is 0.747.